The van der Waals surface area contributed by atoms with Crippen molar-refractivity contribution in [3.05, 3.63) is 81.3 Å². The van der Waals surface area contributed by atoms with E-state index in [1.54, 1.807) is 12.2 Å². The third-order valence-electron chi connectivity index (χ3n) is 3.98. The molecule has 152 valence electrons. The second kappa shape index (κ2) is 9.33. The van der Waals surface area contributed by atoms with Crippen LogP contribution in [0.2, 0.25) is 0 Å². The van der Waals surface area contributed by atoms with Gasteiger partial charge in [-0.3, -0.25) is 24.6 Å². The highest BCUT2D eigenvalue weighted by Crippen LogP contribution is 2.31. The molecule has 1 aliphatic heterocycles. The van der Waals surface area contributed by atoms with Crippen molar-refractivity contribution >= 4 is 57.6 Å². The number of nitrogens with zero attached hydrogens (tertiary/aromatic N) is 2. The summed E-state index contributed by atoms with van der Waals surface area (Å²) in [6, 6.07) is 12.9. The van der Waals surface area contributed by atoms with Gasteiger partial charge < -0.3 is 10.4 Å². The Bertz CT molecular complexity index is 1080. The molecule has 1 heterocycles. The fraction of sp³-hybridized carbons (Fsp3) is 0.0500. The SMILES string of the molecule is O=C(CN1C(=O)/C(=C/C=C/c2ccccc2)SC1=S)Nc1ccc([N+](=O)[O-])cc1O. The van der Waals surface area contributed by atoms with Crippen LogP contribution in [-0.4, -0.2) is 37.6 Å². The molecule has 30 heavy (non-hydrogen) atoms. The summed E-state index contributed by atoms with van der Waals surface area (Å²) < 4.78 is 0.238. The first-order valence-electron chi connectivity index (χ1n) is 8.59. The summed E-state index contributed by atoms with van der Waals surface area (Å²) in [5.41, 5.74) is 0.667. The van der Waals surface area contributed by atoms with Gasteiger partial charge in [0.15, 0.2) is 0 Å². The summed E-state index contributed by atoms with van der Waals surface area (Å²) in [7, 11) is 0. The van der Waals surface area contributed by atoms with E-state index < -0.39 is 22.5 Å². The Balaban J connectivity index is 1.64. The highest BCUT2D eigenvalue weighted by molar-refractivity contribution is 8.26. The van der Waals surface area contributed by atoms with Crippen LogP contribution in [0.4, 0.5) is 11.4 Å². The van der Waals surface area contributed by atoms with Crippen LogP contribution in [0.15, 0.2) is 65.6 Å². The molecule has 1 aliphatic rings. The van der Waals surface area contributed by atoms with Gasteiger partial charge in [-0.2, -0.15) is 0 Å². The molecule has 3 rings (SSSR count). The van der Waals surface area contributed by atoms with E-state index in [2.05, 4.69) is 5.32 Å². The number of phenolic OH excluding ortho intramolecular Hbond substituents is 1. The van der Waals surface area contributed by atoms with Crippen LogP contribution in [0, 0.1) is 10.1 Å². The molecule has 2 amide bonds. The molecule has 1 fully saturated rings. The number of nitrogens with one attached hydrogen (secondary N) is 1. The molecule has 1 saturated heterocycles. The van der Waals surface area contributed by atoms with E-state index in [4.69, 9.17) is 12.2 Å². The minimum absolute atomic E-state index is 0.00243. The minimum Gasteiger partial charge on any atom is -0.506 e. The molecule has 0 radical (unpaired) electrons. The van der Waals surface area contributed by atoms with Gasteiger partial charge in [0.1, 0.15) is 16.6 Å². The number of hydrogen-bond acceptors (Lipinski definition) is 7. The fourth-order valence-corrected chi connectivity index (χ4v) is 3.74. The molecule has 0 aliphatic carbocycles. The zero-order valence-corrected chi connectivity index (χ0v) is 17.0. The van der Waals surface area contributed by atoms with Gasteiger partial charge in [-0.25, -0.2) is 0 Å². The van der Waals surface area contributed by atoms with Crippen LogP contribution >= 0.6 is 24.0 Å². The lowest BCUT2D eigenvalue weighted by Gasteiger charge is -2.14. The minimum atomic E-state index is -0.663. The van der Waals surface area contributed by atoms with E-state index in [9.17, 15) is 24.8 Å². The Morgan fingerprint density at radius 3 is 2.67 bits per heavy atom. The Kier molecular flexibility index (Phi) is 6.60. The molecule has 0 saturated carbocycles. The summed E-state index contributed by atoms with van der Waals surface area (Å²) in [6.45, 7) is -0.346. The molecular weight excluding hydrogens is 426 g/mol. The first-order valence-corrected chi connectivity index (χ1v) is 9.82. The number of hydrogen-bond donors (Lipinski definition) is 2. The van der Waals surface area contributed by atoms with Gasteiger partial charge in [0, 0.05) is 6.07 Å². The third-order valence-corrected chi connectivity index (χ3v) is 5.37. The van der Waals surface area contributed by atoms with Crippen molar-refractivity contribution in [2.75, 3.05) is 11.9 Å². The molecule has 2 aromatic rings. The van der Waals surface area contributed by atoms with Crippen molar-refractivity contribution in [2.24, 2.45) is 0 Å². The lowest BCUT2D eigenvalue weighted by atomic mass is 10.2. The highest BCUT2D eigenvalue weighted by atomic mass is 32.2. The maximum atomic E-state index is 12.5. The van der Waals surface area contributed by atoms with Gasteiger partial charge >= 0.3 is 0 Å². The van der Waals surface area contributed by atoms with E-state index in [1.807, 2.05) is 36.4 Å². The summed E-state index contributed by atoms with van der Waals surface area (Å²) in [5, 5.41) is 23.0. The number of nitro benzene ring substituents is 1. The number of benzene rings is 2. The number of nitro groups is 1. The molecule has 0 bridgehead atoms. The quantitative estimate of drug-likeness (QED) is 0.231. The first-order chi connectivity index (χ1) is 14.3. The van der Waals surface area contributed by atoms with E-state index in [-0.39, 0.29) is 22.2 Å². The molecule has 0 spiro atoms. The van der Waals surface area contributed by atoms with Crippen molar-refractivity contribution in [2.45, 2.75) is 0 Å². The van der Waals surface area contributed by atoms with Crippen LogP contribution in [0.3, 0.4) is 0 Å². The standard InChI is InChI=1S/C20H15N3O5S2/c24-16-11-14(23(27)28)9-10-15(16)21-18(25)12-22-19(26)17(30-20(22)29)8-4-7-13-5-2-1-3-6-13/h1-11,24H,12H2,(H,21,25)/b7-4+,17-8-. The number of allylic oxidation sites excluding steroid dienone is 2. The smallest absolute Gasteiger partial charge is 0.273 e. The number of anilines is 1. The van der Waals surface area contributed by atoms with Crippen LogP contribution in [0.5, 0.6) is 5.75 Å². The van der Waals surface area contributed by atoms with Crippen LogP contribution < -0.4 is 5.32 Å². The molecule has 0 unspecified atom stereocenters. The number of thiocarbonyl (C=S) groups is 1. The van der Waals surface area contributed by atoms with Gasteiger partial charge in [-0.05, 0) is 17.7 Å². The maximum Gasteiger partial charge on any atom is 0.273 e. The zero-order valence-electron chi connectivity index (χ0n) is 15.3. The molecule has 2 N–H and O–H groups in total. The van der Waals surface area contributed by atoms with Gasteiger partial charge in [0.25, 0.3) is 11.6 Å². The maximum absolute atomic E-state index is 12.5. The Morgan fingerprint density at radius 2 is 2.00 bits per heavy atom. The van der Waals surface area contributed by atoms with Gasteiger partial charge in [-0.15, -0.1) is 0 Å². The lowest BCUT2D eigenvalue weighted by molar-refractivity contribution is -0.384. The second-order valence-electron chi connectivity index (χ2n) is 6.07. The van der Waals surface area contributed by atoms with Crippen LogP contribution in [0.1, 0.15) is 5.56 Å². The first kappa shape index (κ1) is 21.2. The molecule has 0 aromatic heterocycles. The van der Waals surface area contributed by atoms with E-state index >= 15 is 0 Å². The van der Waals surface area contributed by atoms with Crippen molar-refractivity contribution in [3.63, 3.8) is 0 Å². The average molecular weight is 441 g/mol. The zero-order chi connectivity index (χ0) is 21.7. The van der Waals surface area contributed by atoms with Crippen molar-refractivity contribution < 1.29 is 19.6 Å². The number of phenols is 1. The highest BCUT2D eigenvalue weighted by Gasteiger charge is 2.33. The van der Waals surface area contributed by atoms with Gasteiger partial charge in [-0.1, -0.05) is 66.5 Å². The number of aromatic hydroxyl groups is 1. The van der Waals surface area contributed by atoms with Crippen molar-refractivity contribution in [3.8, 4) is 5.75 Å². The van der Waals surface area contributed by atoms with Crippen LogP contribution in [-0.2, 0) is 9.59 Å². The number of non-ortho nitro benzene ring substituents is 1. The number of thioether (sulfide) groups is 1. The van der Waals surface area contributed by atoms with E-state index in [0.29, 0.717) is 4.91 Å². The third kappa shape index (κ3) is 5.10. The number of rotatable bonds is 6. The average Bonchev–Trinajstić information content (AvgIpc) is 2.97. The Labute approximate surface area is 181 Å². The summed E-state index contributed by atoms with van der Waals surface area (Å²) in [4.78, 5) is 36.4. The van der Waals surface area contributed by atoms with E-state index in [0.717, 1.165) is 34.4 Å². The normalized spacial score (nSPS) is 15.2. The van der Waals surface area contributed by atoms with Gasteiger partial charge in [0.2, 0.25) is 5.91 Å². The van der Waals surface area contributed by atoms with E-state index in [1.165, 1.54) is 6.07 Å². The summed E-state index contributed by atoms with van der Waals surface area (Å²) in [5.74, 6) is -1.45. The second-order valence-corrected chi connectivity index (χ2v) is 7.74. The Morgan fingerprint density at radius 1 is 1.27 bits per heavy atom. The molecule has 10 heteroatoms. The predicted octanol–water partition coefficient (Wildman–Crippen LogP) is 3.70. The topological polar surface area (TPSA) is 113 Å². The lowest BCUT2D eigenvalue weighted by Crippen LogP contribution is -2.36. The van der Waals surface area contributed by atoms with Crippen LogP contribution in [0.25, 0.3) is 6.08 Å². The predicted molar refractivity (Wildman–Crippen MR) is 119 cm³/mol. The Hall–Kier alpha value is -3.50. The number of amides is 2. The summed E-state index contributed by atoms with van der Waals surface area (Å²) >= 11 is 6.28. The monoisotopic (exact) mass is 441 g/mol. The molecule has 0 atom stereocenters. The number of carbonyl (C=O) groups is 2. The molecular formula is C20H15N3O5S2. The fourth-order valence-electron chi connectivity index (χ4n) is 2.53. The number of carbonyl (C=O) groups excluding carboxylic acids is 2. The van der Waals surface area contributed by atoms with Gasteiger partial charge in [0.05, 0.1) is 21.6 Å². The summed E-state index contributed by atoms with van der Waals surface area (Å²) in [6.07, 6.45) is 5.21. The van der Waals surface area contributed by atoms with Crippen molar-refractivity contribution in [1.29, 1.82) is 0 Å². The largest absolute Gasteiger partial charge is 0.506 e. The molecule has 8 nitrogen and oxygen atoms in total. The molecule has 2 aromatic carbocycles. The van der Waals surface area contributed by atoms with Crippen molar-refractivity contribution in [1.82, 2.24) is 4.90 Å².